The number of amides is 1. The third kappa shape index (κ3) is 4.02. The van der Waals surface area contributed by atoms with Gasteiger partial charge in [0, 0.05) is 17.6 Å². The van der Waals surface area contributed by atoms with Gasteiger partial charge in [-0.15, -0.1) is 11.3 Å². The van der Waals surface area contributed by atoms with Crippen molar-refractivity contribution in [2.75, 3.05) is 19.6 Å². The third-order valence-corrected chi connectivity index (χ3v) is 7.39. The second-order valence-corrected chi connectivity index (χ2v) is 9.05. The number of aromatic nitrogens is 2. The fraction of sp³-hybridized carbons (Fsp3) is 0.409. The molecule has 158 valence electrons. The molecule has 0 radical (unpaired) electrons. The summed E-state index contributed by atoms with van der Waals surface area (Å²) >= 11 is 7.52. The average Bonchev–Trinajstić information content (AvgIpc) is 3.34. The zero-order valence-corrected chi connectivity index (χ0v) is 18.7. The standard InChI is InChI=1S/C22H25ClN4O2S/c1-3-26-10-6-8-16(26)11-24-20(28)19-14(2)18-21(30-19)25-13-27(22(18)29)12-15-7-4-5-9-17(15)23/h4-5,7,9,13,16H,3,6,8,10-12H2,1-2H3,(H,24,28). The van der Waals surface area contributed by atoms with Crippen molar-refractivity contribution in [3.63, 3.8) is 0 Å². The van der Waals surface area contributed by atoms with Crippen molar-refractivity contribution in [1.29, 1.82) is 0 Å². The van der Waals surface area contributed by atoms with E-state index in [1.165, 1.54) is 24.1 Å². The first-order valence-electron chi connectivity index (χ1n) is 10.2. The van der Waals surface area contributed by atoms with Crippen LogP contribution < -0.4 is 10.9 Å². The first-order valence-corrected chi connectivity index (χ1v) is 11.4. The molecule has 1 N–H and O–H groups in total. The maximum atomic E-state index is 13.1. The van der Waals surface area contributed by atoms with Crippen LogP contribution in [0.3, 0.4) is 0 Å². The van der Waals surface area contributed by atoms with Crippen LogP contribution >= 0.6 is 22.9 Å². The summed E-state index contributed by atoms with van der Waals surface area (Å²) in [6, 6.07) is 7.83. The van der Waals surface area contributed by atoms with Crippen molar-refractivity contribution in [3.8, 4) is 0 Å². The lowest BCUT2D eigenvalue weighted by molar-refractivity contribution is 0.0945. The highest BCUT2D eigenvalue weighted by Gasteiger charge is 2.25. The van der Waals surface area contributed by atoms with Crippen LogP contribution in [-0.2, 0) is 6.54 Å². The number of hydrogen-bond acceptors (Lipinski definition) is 5. The SMILES string of the molecule is CCN1CCCC1CNC(=O)c1sc2ncn(Cc3ccccc3Cl)c(=O)c2c1C. The lowest BCUT2D eigenvalue weighted by Crippen LogP contribution is -2.40. The van der Waals surface area contributed by atoms with Gasteiger partial charge < -0.3 is 5.32 Å². The zero-order chi connectivity index (χ0) is 21.3. The van der Waals surface area contributed by atoms with Crippen molar-refractivity contribution >= 4 is 39.1 Å². The molecule has 1 aliphatic rings. The number of fused-ring (bicyclic) bond motifs is 1. The molecule has 2 aromatic heterocycles. The van der Waals surface area contributed by atoms with E-state index in [1.54, 1.807) is 10.6 Å². The molecule has 1 aliphatic heterocycles. The van der Waals surface area contributed by atoms with Crippen molar-refractivity contribution in [2.24, 2.45) is 0 Å². The van der Waals surface area contributed by atoms with Crippen LogP contribution in [0.2, 0.25) is 5.02 Å². The number of hydrogen-bond donors (Lipinski definition) is 1. The Kier molecular flexibility index (Phi) is 6.22. The summed E-state index contributed by atoms with van der Waals surface area (Å²) in [5.74, 6) is -0.129. The average molecular weight is 445 g/mol. The molecule has 0 spiro atoms. The van der Waals surface area contributed by atoms with Crippen LogP contribution in [0.25, 0.3) is 10.2 Å². The largest absolute Gasteiger partial charge is 0.350 e. The van der Waals surface area contributed by atoms with E-state index < -0.39 is 0 Å². The molecular weight excluding hydrogens is 420 g/mol. The smallest absolute Gasteiger partial charge is 0.262 e. The summed E-state index contributed by atoms with van der Waals surface area (Å²) in [5.41, 5.74) is 1.39. The predicted molar refractivity (Wildman–Crippen MR) is 122 cm³/mol. The number of likely N-dealkylation sites (tertiary alicyclic amines) is 1. The summed E-state index contributed by atoms with van der Waals surface area (Å²) in [6.07, 6.45) is 3.81. The third-order valence-electron chi connectivity index (χ3n) is 5.83. The zero-order valence-electron chi connectivity index (χ0n) is 17.2. The molecule has 1 saturated heterocycles. The highest BCUT2D eigenvalue weighted by atomic mass is 35.5. The van der Waals surface area contributed by atoms with E-state index in [4.69, 9.17) is 11.6 Å². The number of halogens is 1. The van der Waals surface area contributed by atoms with Crippen LogP contribution in [0.5, 0.6) is 0 Å². The number of nitrogens with zero attached hydrogens (tertiary/aromatic N) is 3. The Hall–Kier alpha value is -2.22. The fourth-order valence-electron chi connectivity index (χ4n) is 4.13. The van der Waals surface area contributed by atoms with E-state index in [-0.39, 0.29) is 11.5 Å². The molecule has 1 fully saturated rings. The first kappa shape index (κ1) is 21.0. The Morgan fingerprint density at radius 2 is 2.17 bits per heavy atom. The molecule has 3 heterocycles. The van der Waals surface area contributed by atoms with Crippen LogP contribution in [-0.4, -0.2) is 46.0 Å². The predicted octanol–water partition coefficient (Wildman–Crippen LogP) is 3.68. The van der Waals surface area contributed by atoms with Crippen LogP contribution in [0.4, 0.5) is 0 Å². The number of benzene rings is 1. The lowest BCUT2D eigenvalue weighted by Gasteiger charge is -2.22. The molecule has 4 rings (SSSR count). The summed E-state index contributed by atoms with van der Waals surface area (Å²) in [4.78, 5) is 33.9. The van der Waals surface area contributed by atoms with Gasteiger partial charge in [0.05, 0.1) is 23.1 Å². The number of likely N-dealkylation sites (N-methyl/N-ethyl adjacent to an activating group) is 1. The monoisotopic (exact) mass is 444 g/mol. The van der Waals surface area contributed by atoms with E-state index in [0.717, 1.165) is 25.1 Å². The van der Waals surface area contributed by atoms with Gasteiger partial charge in [0.1, 0.15) is 4.83 Å². The molecule has 6 nitrogen and oxygen atoms in total. The highest BCUT2D eigenvalue weighted by Crippen LogP contribution is 2.27. The Bertz CT molecular complexity index is 1140. The Balaban J connectivity index is 1.58. The van der Waals surface area contributed by atoms with E-state index in [2.05, 4.69) is 22.1 Å². The van der Waals surface area contributed by atoms with E-state index in [0.29, 0.717) is 44.8 Å². The minimum Gasteiger partial charge on any atom is -0.350 e. The molecular formula is C22H25ClN4O2S. The number of carbonyl (C=O) groups is 1. The van der Waals surface area contributed by atoms with Gasteiger partial charge in [-0.05, 0) is 50.0 Å². The Morgan fingerprint density at radius 3 is 2.93 bits per heavy atom. The summed E-state index contributed by atoms with van der Waals surface area (Å²) in [6.45, 7) is 7.03. The highest BCUT2D eigenvalue weighted by molar-refractivity contribution is 7.20. The molecule has 0 bridgehead atoms. The second kappa shape index (κ2) is 8.88. The number of rotatable bonds is 6. The number of thiophene rings is 1. The van der Waals surface area contributed by atoms with Crippen LogP contribution in [0, 0.1) is 6.92 Å². The summed E-state index contributed by atoms with van der Waals surface area (Å²) < 4.78 is 1.54. The van der Waals surface area contributed by atoms with E-state index in [1.807, 2.05) is 25.1 Å². The van der Waals surface area contributed by atoms with Crippen LogP contribution in [0.1, 0.15) is 40.6 Å². The van der Waals surface area contributed by atoms with E-state index >= 15 is 0 Å². The van der Waals surface area contributed by atoms with Gasteiger partial charge in [-0.2, -0.15) is 0 Å². The van der Waals surface area contributed by atoms with Gasteiger partial charge in [-0.3, -0.25) is 19.1 Å². The molecule has 30 heavy (non-hydrogen) atoms. The van der Waals surface area contributed by atoms with Gasteiger partial charge in [-0.25, -0.2) is 4.98 Å². The van der Waals surface area contributed by atoms with Crippen molar-refractivity contribution in [1.82, 2.24) is 19.8 Å². The van der Waals surface area contributed by atoms with Crippen LogP contribution in [0.15, 0.2) is 35.4 Å². The molecule has 1 atom stereocenters. The summed E-state index contributed by atoms with van der Waals surface area (Å²) in [5, 5.41) is 4.18. The molecule has 1 unspecified atom stereocenters. The molecule has 1 amide bonds. The van der Waals surface area contributed by atoms with Gasteiger partial charge in [0.2, 0.25) is 0 Å². The van der Waals surface area contributed by atoms with Gasteiger partial charge >= 0.3 is 0 Å². The van der Waals surface area contributed by atoms with Crippen molar-refractivity contribution in [3.05, 3.63) is 62.0 Å². The van der Waals surface area contributed by atoms with E-state index in [9.17, 15) is 9.59 Å². The molecule has 3 aromatic rings. The Morgan fingerprint density at radius 1 is 1.37 bits per heavy atom. The normalized spacial score (nSPS) is 17.0. The topological polar surface area (TPSA) is 67.2 Å². The van der Waals surface area contributed by atoms with Gasteiger partial charge in [-0.1, -0.05) is 36.7 Å². The van der Waals surface area contributed by atoms with Crippen molar-refractivity contribution < 1.29 is 4.79 Å². The molecule has 0 saturated carbocycles. The fourth-order valence-corrected chi connectivity index (χ4v) is 5.38. The second-order valence-electron chi connectivity index (χ2n) is 7.64. The molecule has 1 aromatic carbocycles. The number of nitrogens with one attached hydrogen (secondary N) is 1. The number of carbonyl (C=O) groups excluding carboxylic acids is 1. The van der Waals surface area contributed by atoms with Gasteiger partial charge in [0.15, 0.2) is 0 Å². The summed E-state index contributed by atoms with van der Waals surface area (Å²) in [7, 11) is 0. The van der Waals surface area contributed by atoms with Crippen molar-refractivity contribution in [2.45, 2.75) is 39.3 Å². The molecule has 0 aliphatic carbocycles. The maximum absolute atomic E-state index is 13.1. The number of aryl methyl sites for hydroxylation is 1. The van der Waals surface area contributed by atoms with Gasteiger partial charge in [0.25, 0.3) is 11.5 Å². The lowest BCUT2D eigenvalue weighted by atomic mass is 10.2. The molecule has 8 heteroatoms. The minimum atomic E-state index is -0.152. The minimum absolute atomic E-state index is 0.129. The maximum Gasteiger partial charge on any atom is 0.262 e. The quantitative estimate of drug-likeness (QED) is 0.629. The first-order chi connectivity index (χ1) is 14.5. The Labute approximate surface area is 184 Å².